The van der Waals surface area contributed by atoms with Crippen LogP contribution in [0.3, 0.4) is 0 Å². The van der Waals surface area contributed by atoms with Gasteiger partial charge in [-0.3, -0.25) is 0 Å². The van der Waals surface area contributed by atoms with E-state index in [1.54, 1.807) is 6.07 Å². The highest BCUT2D eigenvalue weighted by molar-refractivity contribution is 6.32. The van der Waals surface area contributed by atoms with Crippen LogP contribution in [0.5, 0.6) is 5.75 Å². The first-order valence-electron chi connectivity index (χ1n) is 4.20. The number of hydrogen-bond donors (Lipinski definition) is 2. The molecule has 4 heteroatoms. The standard InChI is InChI=1S/C9H11ClN2O/c10-7-2-1-3-8-9(7)13-6(4-11)5-12-8/h1-3,6,12H,4-5,11H2/t6-/m0/s1. The summed E-state index contributed by atoms with van der Waals surface area (Å²) in [6.07, 6.45) is 0.0207. The van der Waals surface area contributed by atoms with Gasteiger partial charge in [-0.15, -0.1) is 0 Å². The van der Waals surface area contributed by atoms with Gasteiger partial charge in [0.1, 0.15) is 6.10 Å². The maximum absolute atomic E-state index is 5.96. The molecule has 0 aromatic heterocycles. The van der Waals surface area contributed by atoms with Gasteiger partial charge in [0.05, 0.1) is 17.3 Å². The Morgan fingerprint density at radius 1 is 1.62 bits per heavy atom. The molecule has 0 fully saturated rings. The highest BCUT2D eigenvalue weighted by Crippen LogP contribution is 2.35. The largest absolute Gasteiger partial charge is 0.484 e. The zero-order valence-electron chi connectivity index (χ0n) is 7.09. The summed E-state index contributed by atoms with van der Waals surface area (Å²) in [7, 11) is 0. The smallest absolute Gasteiger partial charge is 0.161 e. The fraction of sp³-hybridized carbons (Fsp3) is 0.333. The van der Waals surface area contributed by atoms with Gasteiger partial charge >= 0.3 is 0 Å². The number of benzene rings is 1. The van der Waals surface area contributed by atoms with Gasteiger partial charge in [0, 0.05) is 6.54 Å². The Morgan fingerprint density at radius 2 is 2.46 bits per heavy atom. The van der Waals surface area contributed by atoms with Crippen molar-refractivity contribution in [2.24, 2.45) is 5.73 Å². The number of para-hydroxylation sites is 1. The van der Waals surface area contributed by atoms with Gasteiger partial charge in [-0.25, -0.2) is 0 Å². The summed E-state index contributed by atoms with van der Waals surface area (Å²) in [6.45, 7) is 1.24. The number of hydrogen-bond acceptors (Lipinski definition) is 3. The Morgan fingerprint density at radius 3 is 3.23 bits per heavy atom. The molecular formula is C9H11ClN2O. The number of ether oxygens (including phenoxy) is 1. The Bertz CT molecular complexity index is 316. The third-order valence-corrected chi connectivity index (χ3v) is 2.33. The lowest BCUT2D eigenvalue weighted by atomic mass is 10.2. The second-order valence-corrected chi connectivity index (χ2v) is 3.38. The van der Waals surface area contributed by atoms with Crippen molar-refractivity contribution in [2.75, 3.05) is 18.4 Å². The Balaban J connectivity index is 2.32. The van der Waals surface area contributed by atoms with Crippen molar-refractivity contribution in [1.29, 1.82) is 0 Å². The van der Waals surface area contributed by atoms with Crippen LogP contribution in [0.25, 0.3) is 0 Å². The van der Waals surface area contributed by atoms with Gasteiger partial charge in [-0.1, -0.05) is 17.7 Å². The maximum Gasteiger partial charge on any atom is 0.161 e. The van der Waals surface area contributed by atoms with Gasteiger partial charge in [-0.2, -0.15) is 0 Å². The molecule has 0 amide bonds. The van der Waals surface area contributed by atoms with E-state index in [9.17, 15) is 0 Å². The molecule has 3 nitrogen and oxygen atoms in total. The lowest BCUT2D eigenvalue weighted by Gasteiger charge is -2.26. The molecule has 0 radical (unpaired) electrons. The van der Waals surface area contributed by atoms with Crippen LogP contribution in [-0.2, 0) is 0 Å². The molecule has 0 unspecified atom stereocenters. The predicted octanol–water partition coefficient (Wildman–Crippen LogP) is 1.47. The van der Waals surface area contributed by atoms with Gasteiger partial charge in [0.15, 0.2) is 5.75 Å². The Hall–Kier alpha value is -0.930. The lowest BCUT2D eigenvalue weighted by Crippen LogP contribution is -2.37. The molecule has 0 bridgehead atoms. The first-order valence-corrected chi connectivity index (χ1v) is 4.58. The molecule has 2 rings (SSSR count). The van der Waals surface area contributed by atoms with Crippen LogP contribution in [0.15, 0.2) is 18.2 Å². The minimum Gasteiger partial charge on any atom is -0.484 e. The first-order chi connectivity index (χ1) is 6.31. The van der Waals surface area contributed by atoms with E-state index in [0.29, 0.717) is 17.3 Å². The summed E-state index contributed by atoms with van der Waals surface area (Å²) in [6, 6.07) is 5.63. The van der Waals surface area contributed by atoms with Crippen molar-refractivity contribution < 1.29 is 4.74 Å². The van der Waals surface area contributed by atoms with E-state index in [4.69, 9.17) is 22.1 Å². The van der Waals surface area contributed by atoms with Crippen LogP contribution in [-0.4, -0.2) is 19.2 Å². The zero-order valence-corrected chi connectivity index (χ0v) is 7.84. The molecule has 1 aliphatic heterocycles. The van der Waals surface area contributed by atoms with Crippen molar-refractivity contribution in [3.05, 3.63) is 23.2 Å². The van der Waals surface area contributed by atoms with Crippen molar-refractivity contribution >= 4 is 17.3 Å². The summed E-state index contributed by atoms with van der Waals surface area (Å²) in [5, 5.41) is 3.84. The number of fused-ring (bicyclic) bond motifs is 1. The molecule has 0 aliphatic carbocycles. The minimum absolute atomic E-state index is 0.0207. The van der Waals surface area contributed by atoms with Gasteiger partial charge in [0.25, 0.3) is 0 Å². The quantitative estimate of drug-likeness (QED) is 0.719. The van der Waals surface area contributed by atoms with Gasteiger partial charge in [-0.05, 0) is 12.1 Å². The average Bonchev–Trinajstić information content (AvgIpc) is 2.18. The fourth-order valence-electron chi connectivity index (χ4n) is 1.33. The van der Waals surface area contributed by atoms with E-state index < -0.39 is 0 Å². The van der Waals surface area contributed by atoms with Crippen molar-refractivity contribution in [3.63, 3.8) is 0 Å². The van der Waals surface area contributed by atoms with Gasteiger partial charge in [0.2, 0.25) is 0 Å². The number of rotatable bonds is 1. The minimum atomic E-state index is 0.0207. The Labute approximate surface area is 81.8 Å². The normalized spacial score (nSPS) is 20.0. The van der Waals surface area contributed by atoms with Crippen LogP contribution in [0.4, 0.5) is 5.69 Å². The third-order valence-electron chi connectivity index (χ3n) is 2.03. The number of halogens is 1. The van der Waals surface area contributed by atoms with Crippen LogP contribution in [0, 0.1) is 0 Å². The number of nitrogens with one attached hydrogen (secondary N) is 1. The molecule has 0 spiro atoms. The predicted molar refractivity (Wildman–Crippen MR) is 53.4 cm³/mol. The van der Waals surface area contributed by atoms with Crippen molar-refractivity contribution in [2.45, 2.75) is 6.10 Å². The van der Waals surface area contributed by atoms with Crippen LogP contribution >= 0.6 is 11.6 Å². The molecule has 1 aliphatic rings. The molecule has 1 aromatic rings. The summed E-state index contributed by atoms with van der Waals surface area (Å²) < 4.78 is 5.59. The molecule has 3 N–H and O–H groups in total. The summed E-state index contributed by atoms with van der Waals surface area (Å²) >= 11 is 5.96. The molecule has 13 heavy (non-hydrogen) atoms. The van der Waals surface area contributed by atoms with Crippen molar-refractivity contribution in [3.8, 4) is 5.75 Å². The lowest BCUT2D eigenvalue weighted by molar-refractivity contribution is 0.214. The Kier molecular flexibility index (Phi) is 2.29. The third kappa shape index (κ3) is 1.57. The van der Waals surface area contributed by atoms with Crippen LogP contribution < -0.4 is 15.8 Å². The zero-order chi connectivity index (χ0) is 9.26. The molecule has 1 aromatic carbocycles. The van der Waals surface area contributed by atoms with E-state index in [2.05, 4.69) is 5.32 Å². The molecular weight excluding hydrogens is 188 g/mol. The monoisotopic (exact) mass is 198 g/mol. The van der Waals surface area contributed by atoms with E-state index in [-0.39, 0.29) is 6.10 Å². The summed E-state index contributed by atoms with van der Waals surface area (Å²) in [4.78, 5) is 0. The SMILES string of the molecule is NC[C@H]1CNc2cccc(Cl)c2O1. The van der Waals surface area contributed by atoms with E-state index >= 15 is 0 Å². The number of anilines is 1. The van der Waals surface area contributed by atoms with Crippen molar-refractivity contribution in [1.82, 2.24) is 0 Å². The molecule has 1 heterocycles. The van der Waals surface area contributed by atoms with E-state index in [1.165, 1.54) is 0 Å². The van der Waals surface area contributed by atoms with E-state index in [0.717, 1.165) is 12.2 Å². The molecule has 70 valence electrons. The summed E-state index contributed by atoms with van der Waals surface area (Å²) in [5.74, 6) is 0.714. The first kappa shape index (κ1) is 8.66. The van der Waals surface area contributed by atoms with Gasteiger partial charge < -0.3 is 15.8 Å². The molecule has 1 atom stereocenters. The second-order valence-electron chi connectivity index (χ2n) is 2.97. The highest BCUT2D eigenvalue weighted by Gasteiger charge is 2.19. The summed E-state index contributed by atoms with van der Waals surface area (Å²) in [5.41, 5.74) is 6.44. The average molecular weight is 199 g/mol. The fourth-order valence-corrected chi connectivity index (χ4v) is 1.55. The highest BCUT2D eigenvalue weighted by atomic mass is 35.5. The van der Waals surface area contributed by atoms with Crippen LogP contribution in [0.1, 0.15) is 0 Å². The maximum atomic E-state index is 5.96. The van der Waals surface area contributed by atoms with E-state index in [1.807, 2.05) is 12.1 Å². The van der Waals surface area contributed by atoms with Crippen LogP contribution in [0.2, 0.25) is 5.02 Å². The second kappa shape index (κ2) is 3.44. The molecule has 0 saturated heterocycles. The topological polar surface area (TPSA) is 47.3 Å². The molecule has 0 saturated carbocycles. The number of nitrogens with two attached hydrogens (primary N) is 1.